The van der Waals surface area contributed by atoms with E-state index in [-0.39, 0.29) is 11.9 Å². The molecule has 1 aliphatic rings. The standard InChI is InChI=1S/C20H24N6O2/c1-14-10-17(24-28-14)18-8-3-4-9-26(18)12-15-6-5-7-16(11-15)19(27)22-20-21-13-25(2)23-20/h5-7,10-11,13,18H,3-4,8-9,12H2,1-2H3,(H,22,23,27)/t18-/m0/s1. The molecule has 1 saturated heterocycles. The van der Waals surface area contributed by atoms with E-state index < -0.39 is 0 Å². The minimum Gasteiger partial charge on any atom is -0.361 e. The van der Waals surface area contributed by atoms with Crippen molar-refractivity contribution >= 4 is 11.9 Å². The van der Waals surface area contributed by atoms with E-state index in [1.165, 1.54) is 12.8 Å². The fraction of sp³-hybridized carbons (Fsp3) is 0.400. The van der Waals surface area contributed by atoms with Crippen LogP contribution < -0.4 is 5.32 Å². The van der Waals surface area contributed by atoms with E-state index in [4.69, 9.17) is 4.52 Å². The van der Waals surface area contributed by atoms with Crippen LogP contribution in [-0.2, 0) is 13.6 Å². The van der Waals surface area contributed by atoms with Gasteiger partial charge in [0.15, 0.2) is 0 Å². The maximum Gasteiger partial charge on any atom is 0.258 e. The molecule has 0 saturated carbocycles. The number of anilines is 1. The number of hydrogen-bond acceptors (Lipinski definition) is 6. The molecule has 1 aromatic carbocycles. The Morgan fingerprint density at radius 3 is 2.96 bits per heavy atom. The number of hydrogen-bond donors (Lipinski definition) is 1. The topological polar surface area (TPSA) is 89.1 Å². The molecule has 1 amide bonds. The molecule has 1 N–H and O–H groups in total. The summed E-state index contributed by atoms with van der Waals surface area (Å²) in [5.74, 6) is 0.924. The van der Waals surface area contributed by atoms with Gasteiger partial charge in [0.2, 0.25) is 5.95 Å². The van der Waals surface area contributed by atoms with Gasteiger partial charge in [0.25, 0.3) is 5.91 Å². The lowest BCUT2D eigenvalue weighted by atomic mass is 9.98. The molecule has 0 radical (unpaired) electrons. The zero-order chi connectivity index (χ0) is 19.5. The van der Waals surface area contributed by atoms with Crippen LogP contribution in [-0.4, -0.2) is 37.3 Å². The molecule has 1 fully saturated rings. The first kappa shape index (κ1) is 18.4. The molecule has 146 valence electrons. The van der Waals surface area contributed by atoms with Gasteiger partial charge in [-0.15, -0.1) is 5.10 Å². The third kappa shape index (κ3) is 4.12. The molecule has 3 heterocycles. The Hall–Kier alpha value is -3.00. The highest BCUT2D eigenvalue weighted by atomic mass is 16.5. The van der Waals surface area contributed by atoms with E-state index in [2.05, 4.69) is 31.5 Å². The first-order valence-corrected chi connectivity index (χ1v) is 9.52. The molecule has 28 heavy (non-hydrogen) atoms. The minimum absolute atomic E-state index is 0.213. The molecule has 0 spiro atoms. The van der Waals surface area contributed by atoms with Gasteiger partial charge in [0.05, 0.1) is 6.04 Å². The average Bonchev–Trinajstić information content (AvgIpc) is 3.30. The van der Waals surface area contributed by atoms with Crippen LogP contribution in [0.3, 0.4) is 0 Å². The van der Waals surface area contributed by atoms with Gasteiger partial charge in [0, 0.05) is 25.2 Å². The van der Waals surface area contributed by atoms with Crippen molar-refractivity contribution in [3.8, 4) is 0 Å². The summed E-state index contributed by atoms with van der Waals surface area (Å²) in [7, 11) is 1.76. The monoisotopic (exact) mass is 380 g/mol. The fourth-order valence-electron chi connectivity index (χ4n) is 3.67. The van der Waals surface area contributed by atoms with Crippen LogP contribution in [0.15, 0.2) is 41.2 Å². The van der Waals surface area contributed by atoms with Crippen molar-refractivity contribution < 1.29 is 9.32 Å². The van der Waals surface area contributed by atoms with Crippen LogP contribution in [0.4, 0.5) is 5.95 Å². The number of amides is 1. The Kier molecular flexibility index (Phi) is 5.21. The smallest absolute Gasteiger partial charge is 0.258 e. The van der Waals surface area contributed by atoms with E-state index in [1.54, 1.807) is 24.1 Å². The van der Waals surface area contributed by atoms with Crippen LogP contribution in [0, 0.1) is 6.92 Å². The van der Waals surface area contributed by atoms with Crippen molar-refractivity contribution in [1.82, 2.24) is 24.8 Å². The number of carbonyl (C=O) groups excluding carboxylic acids is 1. The van der Waals surface area contributed by atoms with Crippen molar-refractivity contribution in [1.29, 1.82) is 0 Å². The van der Waals surface area contributed by atoms with Crippen molar-refractivity contribution in [3.63, 3.8) is 0 Å². The van der Waals surface area contributed by atoms with E-state index in [0.717, 1.165) is 36.5 Å². The number of aryl methyl sites for hydroxylation is 2. The van der Waals surface area contributed by atoms with E-state index >= 15 is 0 Å². The Morgan fingerprint density at radius 1 is 1.32 bits per heavy atom. The number of piperidine rings is 1. The van der Waals surface area contributed by atoms with Crippen LogP contribution >= 0.6 is 0 Å². The molecule has 1 atom stereocenters. The normalized spacial score (nSPS) is 17.6. The zero-order valence-corrected chi connectivity index (χ0v) is 16.1. The van der Waals surface area contributed by atoms with E-state index in [1.807, 2.05) is 25.1 Å². The fourth-order valence-corrected chi connectivity index (χ4v) is 3.67. The highest BCUT2D eigenvalue weighted by molar-refractivity contribution is 6.03. The molecule has 0 unspecified atom stereocenters. The molecular formula is C20H24N6O2. The molecule has 8 nitrogen and oxygen atoms in total. The lowest BCUT2D eigenvalue weighted by molar-refractivity contribution is 0.102. The molecule has 4 rings (SSSR count). The zero-order valence-electron chi connectivity index (χ0n) is 16.1. The van der Waals surface area contributed by atoms with Gasteiger partial charge < -0.3 is 4.52 Å². The largest absolute Gasteiger partial charge is 0.361 e. The quantitative estimate of drug-likeness (QED) is 0.732. The maximum absolute atomic E-state index is 12.5. The molecule has 0 aliphatic carbocycles. The van der Waals surface area contributed by atoms with Gasteiger partial charge in [-0.3, -0.25) is 19.7 Å². The first-order chi connectivity index (χ1) is 13.6. The summed E-state index contributed by atoms with van der Waals surface area (Å²) >= 11 is 0. The van der Waals surface area contributed by atoms with Crippen LogP contribution in [0.5, 0.6) is 0 Å². The predicted octanol–water partition coefficient (Wildman–Crippen LogP) is 3.09. The summed E-state index contributed by atoms with van der Waals surface area (Å²) in [6.07, 6.45) is 4.97. The number of carbonyl (C=O) groups is 1. The molecule has 1 aliphatic heterocycles. The number of likely N-dealkylation sites (tertiary alicyclic amines) is 1. The van der Waals surface area contributed by atoms with Crippen molar-refractivity contribution in [3.05, 3.63) is 59.2 Å². The van der Waals surface area contributed by atoms with E-state index in [0.29, 0.717) is 11.5 Å². The van der Waals surface area contributed by atoms with Crippen LogP contribution in [0.1, 0.15) is 52.7 Å². The summed E-state index contributed by atoms with van der Waals surface area (Å²) in [4.78, 5) is 19.0. The lowest BCUT2D eigenvalue weighted by Gasteiger charge is -2.34. The van der Waals surface area contributed by atoms with Gasteiger partial charge >= 0.3 is 0 Å². The minimum atomic E-state index is -0.213. The second-order valence-electron chi connectivity index (χ2n) is 7.24. The molecular weight excluding hydrogens is 356 g/mol. The third-order valence-electron chi connectivity index (χ3n) is 5.00. The Morgan fingerprint density at radius 2 is 2.21 bits per heavy atom. The number of rotatable bonds is 5. The predicted molar refractivity (Wildman–Crippen MR) is 104 cm³/mol. The Balaban J connectivity index is 1.48. The maximum atomic E-state index is 12.5. The second-order valence-corrected chi connectivity index (χ2v) is 7.24. The number of benzene rings is 1. The Labute approximate surface area is 163 Å². The third-order valence-corrected chi connectivity index (χ3v) is 5.00. The number of aromatic nitrogens is 4. The van der Waals surface area contributed by atoms with E-state index in [9.17, 15) is 4.79 Å². The van der Waals surface area contributed by atoms with Crippen LogP contribution in [0.2, 0.25) is 0 Å². The molecule has 0 bridgehead atoms. The molecule has 3 aromatic rings. The van der Waals surface area contributed by atoms with Gasteiger partial charge in [-0.2, -0.15) is 0 Å². The highest BCUT2D eigenvalue weighted by Crippen LogP contribution is 2.31. The molecule has 8 heteroatoms. The van der Waals surface area contributed by atoms with Gasteiger partial charge in [-0.25, -0.2) is 4.98 Å². The molecule has 2 aromatic heterocycles. The van der Waals surface area contributed by atoms with Crippen molar-refractivity contribution in [2.75, 3.05) is 11.9 Å². The highest BCUT2D eigenvalue weighted by Gasteiger charge is 2.26. The summed E-state index contributed by atoms with van der Waals surface area (Å²) in [6.45, 7) is 3.69. The van der Waals surface area contributed by atoms with Gasteiger partial charge in [0.1, 0.15) is 17.8 Å². The first-order valence-electron chi connectivity index (χ1n) is 9.52. The second kappa shape index (κ2) is 7.93. The summed E-state index contributed by atoms with van der Waals surface area (Å²) in [6, 6.07) is 9.97. The number of nitrogens with one attached hydrogen (secondary N) is 1. The Bertz CT molecular complexity index is 963. The summed E-state index contributed by atoms with van der Waals surface area (Å²) in [5.41, 5.74) is 2.68. The van der Waals surface area contributed by atoms with Crippen molar-refractivity contribution in [2.45, 2.75) is 38.8 Å². The van der Waals surface area contributed by atoms with Gasteiger partial charge in [-0.1, -0.05) is 23.7 Å². The van der Waals surface area contributed by atoms with Crippen LogP contribution in [0.25, 0.3) is 0 Å². The lowest BCUT2D eigenvalue weighted by Crippen LogP contribution is -2.33. The van der Waals surface area contributed by atoms with Gasteiger partial charge in [-0.05, 0) is 44.0 Å². The SMILES string of the molecule is Cc1cc([C@@H]2CCCCN2Cc2cccc(C(=O)Nc3ncn(C)n3)c2)no1. The average molecular weight is 380 g/mol. The number of nitrogens with zero attached hydrogens (tertiary/aromatic N) is 5. The summed E-state index contributed by atoms with van der Waals surface area (Å²) in [5, 5.41) is 11.0. The summed E-state index contributed by atoms with van der Waals surface area (Å²) < 4.78 is 6.83. The van der Waals surface area contributed by atoms with Crippen molar-refractivity contribution in [2.24, 2.45) is 7.05 Å².